The van der Waals surface area contributed by atoms with E-state index in [9.17, 15) is 19.5 Å². The first-order valence-electron chi connectivity index (χ1n) is 10.6. The van der Waals surface area contributed by atoms with Crippen molar-refractivity contribution in [3.8, 4) is 0 Å². The standard InChI is InChI=1S/C20H39N5O4/c1-12(2)11-25-9-8-22-10-16(25)19(28)24-17(14(5)26)20(29)23-15(6-7-21)18(27)13(3)4/h12-17,22,26H,6-11,21H2,1-5H3,(H,23,29)(H,24,28)/t14-,15-,16-,17-/m0/s1. The molecule has 1 fully saturated rings. The third-order valence-electron chi connectivity index (χ3n) is 5.00. The minimum atomic E-state index is -1.15. The van der Waals surface area contributed by atoms with E-state index in [0.717, 1.165) is 19.6 Å². The van der Waals surface area contributed by atoms with Crippen LogP contribution in [0, 0.1) is 11.8 Å². The van der Waals surface area contributed by atoms with E-state index in [2.05, 4.69) is 34.7 Å². The first-order valence-corrected chi connectivity index (χ1v) is 10.6. The first-order chi connectivity index (χ1) is 13.6. The largest absolute Gasteiger partial charge is 0.391 e. The fraction of sp³-hybridized carbons (Fsp3) is 0.850. The van der Waals surface area contributed by atoms with Crippen molar-refractivity contribution in [2.75, 3.05) is 32.7 Å². The molecule has 1 aliphatic rings. The molecule has 0 aromatic carbocycles. The van der Waals surface area contributed by atoms with Crippen LogP contribution >= 0.6 is 0 Å². The Morgan fingerprint density at radius 3 is 2.34 bits per heavy atom. The topological polar surface area (TPSA) is 137 Å². The van der Waals surface area contributed by atoms with Gasteiger partial charge in [0.15, 0.2) is 5.78 Å². The number of carbonyl (C=O) groups is 3. The molecule has 9 nitrogen and oxygen atoms in total. The van der Waals surface area contributed by atoms with Gasteiger partial charge in [0.25, 0.3) is 0 Å². The monoisotopic (exact) mass is 413 g/mol. The maximum atomic E-state index is 12.9. The van der Waals surface area contributed by atoms with Gasteiger partial charge in [0.1, 0.15) is 12.1 Å². The van der Waals surface area contributed by atoms with Gasteiger partial charge in [-0.05, 0) is 25.8 Å². The molecule has 168 valence electrons. The zero-order valence-electron chi connectivity index (χ0n) is 18.4. The summed E-state index contributed by atoms with van der Waals surface area (Å²) >= 11 is 0. The van der Waals surface area contributed by atoms with Crippen LogP contribution in [-0.2, 0) is 14.4 Å². The zero-order valence-corrected chi connectivity index (χ0v) is 18.4. The summed E-state index contributed by atoms with van der Waals surface area (Å²) in [4.78, 5) is 40.1. The molecule has 2 amide bonds. The third-order valence-corrected chi connectivity index (χ3v) is 5.00. The molecule has 1 heterocycles. The fourth-order valence-electron chi connectivity index (χ4n) is 3.46. The Kier molecular flexibility index (Phi) is 10.7. The minimum absolute atomic E-state index is 0.126. The maximum absolute atomic E-state index is 12.9. The van der Waals surface area contributed by atoms with Crippen LogP contribution in [0.4, 0.5) is 0 Å². The molecule has 1 rings (SSSR count). The van der Waals surface area contributed by atoms with Gasteiger partial charge in [0, 0.05) is 32.1 Å². The lowest BCUT2D eigenvalue weighted by Crippen LogP contribution is -2.63. The number of ketones is 1. The van der Waals surface area contributed by atoms with Crippen molar-refractivity contribution in [2.45, 2.75) is 65.3 Å². The van der Waals surface area contributed by atoms with Crippen molar-refractivity contribution in [3.63, 3.8) is 0 Å². The van der Waals surface area contributed by atoms with E-state index in [0.29, 0.717) is 18.9 Å². The van der Waals surface area contributed by atoms with Crippen molar-refractivity contribution in [3.05, 3.63) is 0 Å². The molecule has 0 bridgehead atoms. The second-order valence-electron chi connectivity index (χ2n) is 8.53. The SMILES string of the molecule is CC(C)CN1CCNC[C@H]1C(=O)N[C@H](C(=O)N[C@@H](CCN)C(=O)C(C)C)[C@H](C)O. The van der Waals surface area contributed by atoms with E-state index in [-0.39, 0.29) is 24.2 Å². The quantitative estimate of drug-likeness (QED) is 0.288. The number of nitrogens with two attached hydrogens (primary N) is 1. The molecule has 9 heteroatoms. The molecule has 1 aliphatic heterocycles. The minimum Gasteiger partial charge on any atom is -0.391 e. The Labute approximate surface area is 174 Å². The van der Waals surface area contributed by atoms with Crippen LogP contribution in [0.1, 0.15) is 41.0 Å². The number of rotatable bonds is 11. The van der Waals surface area contributed by atoms with E-state index >= 15 is 0 Å². The number of carbonyl (C=O) groups excluding carboxylic acids is 3. The Morgan fingerprint density at radius 2 is 1.83 bits per heavy atom. The summed E-state index contributed by atoms with van der Waals surface area (Å²) in [6, 6.07) is -2.30. The van der Waals surface area contributed by atoms with Gasteiger partial charge in [-0.1, -0.05) is 27.7 Å². The van der Waals surface area contributed by atoms with E-state index < -0.39 is 30.1 Å². The van der Waals surface area contributed by atoms with Gasteiger partial charge >= 0.3 is 0 Å². The van der Waals surface area contributed by atoms with Crippen LogP contribution in [0.3, 0.4) is 0 Å². The molecule has 0 aromatic heterocycles. The number of hydrogen-bond donors (Lipinski definition) is 5. The van der Waals surface area contributed by atoms with Gasteiger partial charge in [-0.3, -0.25) is 19.3 Å². The summed E-state index contributed by atoms with van der Waals surface area (Å²) in [6.45, 7) is 12.2. The molecule has 4 atom stereocenters. The normalized spacial score (nSPS) is 20.9. The van der Waals surface area contributed by atoms with E-state index in [1.165, 1.54) is 6.92 Å². The van der Waals surface area contributed by atoms with Gasteiger partial charge in [-0.2, -0.15) is 0 Å². The van der Waals surface area contributed by atoms with Crippen LogP contribution in [0.25, 0.3) is 0 Å². The van der Waals surface area contributed by atoms with Gasteiger partial charge < -0.3 is 26.8 Å². The van der Waals surface area contributed by atoms with Crippen molar-refractivity contribution in [1.29, 1.82) is 0 Å². The summed E-state index contributed by atoms with van der Waals surface area (Å²) in [5.74, 6) is -0.883. The Balaban J connectivity index is 2.86. The second-order valence-corrected chi connectivity index (χ2v) is 8.53. The van der Waals surface area contributed by atoms with Gasteiger partial charge in [-0.25, -0.2) is 0 Å². The van der Waals surface area contributed by atoms with Gasteiger partial charge in [0.2, 0.25) is 11.8 Å². The molecule has 0 unspecified atom stereocenters. The van der Waals surface area contributed by atoms with Crippen molar-refractivity contribution >= 4 is 17.6 Å². The van der Waals surface area contributed by atoms with Crippen LogP contribution in [0.5, 0.6) is 0 Å². The van der Waals surface area contributed by atoms with E-state index in [4.69, 9.17) is 5.73 Å². The Hall–Kier alpha value is -1.55. The lowest BCUT2D eigenvalue weighted by atomic mass is 9.98. The van der Waals surface area contributed by atoms with E-state index in [1.807, 2.05) is 0 Å². The summed E-state index contributed by atoms with van der Waals surface area (Å²) in [7, 11) is 0. The Morgan fingerprint density at radius 1 is 1.17 bits per heavy atom. The smallest absolute Gasteiger partial charge is 0.245 e. The average molecular weight is 414 g/mol. The Bertz CT molecular complexity index is 553. The lowest BCUT2D eigenvalue weighted by Gasteiger charge is -2.37. The summed E-state index contributed by atoms with van der Waals surface area (Å²) < 4.78 is 0. The molecule has 29 heavy (non-hydrogen) atoms. The summed E-state index contributed by atoms with van der Waals surface area (Å²) in [5.41, 5.74) is 5.58. The second kappa shape index (κ2) is 12.2. The predicted octanol–water partition coefficient (Wildman–Crippen LogP) is -1.16. The van der Waals surface area contributed by atoms with Crippen molar-refractivity contribution < 1.29 is 19.5 Å². The molecular formula is C20H39N5O4. The third kappa shape index (κ3) is 8.00. The van der Waals surface area contributed by atoms with Gasteiger partial charge in [0.05, 0.1) is 12.1 Å². The molecule has 0 aromatic rings. The van der Waals surface area contributed by atoms with Crippen LogP contribution in [0.15, 0.2) is 0 Å². The predicted molar refractivity (Wildman–Crippen MR) is 112 cm³/mol. The summed E-state index contributed by atoms with van der Waals surface area (Å²) in [6.07, 6.45) is -0.806. The fourth-order valence-corrected chi connectivity index (χ4v) is 3.46. The molecular weight excluding hydrogens is 374 g/mol. The molecule has 1 saturated heterocycles. The number of piperazine rings is 1. The number of aliphatic hydroxyl groups excluding tert-OH is 1. The molecule has 0 aliphatic carbocycles. The van der Waals surface area contributed by atoms with Gasteiger partial charge in [-0.15, -0.1) is 0 Å². The van der Waals surface area contributed by atoms with Crippen molar-refractivity contribution in [2.24, 2.45) is 17.6 Å². The highest BCUT2D eigenvalue weighted by atomic mass is 16.3. The number of amides is 2. The lowest BCUT2D eigenvalue weighted by molar-refractivity contribution is -0.136. The van der Waals surface area contributed by atoms with E-state index in [1.54, 1.807) is 13.8 Å². The maximum Gasteiger partial charge on any atom is 0.245 e. The highest BCUT2D eigenvalue weighted by Crippen LogP contribution is 2.09. The average Bonchev–Trinajstić information content (AvgIpc) is 2.64. The zero-order chi connectivity index (χ0) is 22.1. The van der Waals surface area contributed by atoms with Crippen LogP contribution in [0.2, 0.25) is 0 Å². The number of nitrogens with one attached hydrogen (secondary N) is 3. The number of hydrogen-bond acceptors (Lipinski definition) is 7. The number of Topliss-reactive ketones (excluding diaryl/α,β-unsaturated/α-hetero) is 1. The highest BCUT2D eigenvalue weighted by Gasteiger charge is 2.34. The molecule has 0 saturated carbocycles. The summed E-state index contributed by atoms with van der Waals surface area (Å²) in [5, 5.41) is 18.7. The molecule has 0 radical (unpaired) electrons. The van der Waals surface area contributed by atoms with Crippen LogP contribution < -0.4 is 21.7 Å². The number of nitrogens with zero attached hydrogens (tertiary/aromatic N) is 1. The highest BCUT2D eigenvalue weighted by molar-refractivity contribution is 5.94. The molecule has 6 N–H and O–H groups in total. The van der Waals surface area contributed by atoms with Crippen LogP contribution in [-0.4, -0.2) is 84.6 Å². The first kappa shape index (κ1) is 25.5. The molecule has 0 spiro atoms. The van der Waals surface area contributed by atoms with Crippen molar-refractivity contribution in [1.82, 2.24) is 20.9 Å². The number of aliphatic hydroxyl groups is 1.